The second-order valence-electron chi connectivity index (χ2n) is 3.39. The van der Waals surface area contributed by atoms with Crippen molar-refractivity contribution in [3.05, 3.63) is 12.1 Å². The van der Waals surface area contributed by atoms with Gasteiger partial charge in [-0.1, -0.05) is 7.92 Å². The molecule has 82 valence electrons. The highest BCUT2D eigenvalue weighted by Crippen LogP contribution is 2.47. The summed E-state index contributed by atoms with van der Waals surface area (Å²) in [5.74, 6) is 0.0322. The lowest BCUT2D eigenvalue weighted by Gasteiger charge is -2.10. The van der Waals surface area contributed by atoms with E-state index in [-0.39, 0.29) is 17.2 Å². The number of nitrogens with two attached hydrogens (primary N) is 1. The van der Waals surface area contributed by atoms with Gasteiger partial charge in [-0.15, -0.1) is 8.78 Å². The summed E-state index contributed by atoms with van der Waals surface area (Å²) in [6, 6.07) is 3.26. The van der Waals surface area contributed by atoms with Crippen LogP contribution in [0.25, 0.3) is 0 Å². The fourth-order valence-electron chi connectivity index (χ4n) is 1.38. The zero-order chi connectivity index (χ0) is 11.2. The maximum Gasteiger partial charge on any atom is 0.586 e. The van der Waals surface area contributed by atoms with Crippen LogP contribution in [-0.4, -0.2) is 19.6 Å². The molecule has 2 N–H and O–H groups in total. The zero-order valence-corrected chi connectivity index (χ0v) is 9.15. The smallest absolute Gasteiger partial charge is 0.396 e. The number of alkyl halides is 2. The molecule has 2 rings (SSSR count). The Balaban J connectivity index is 2.55. The Labute approximate surface area is 86.9 Å². The molecule has 1 aromatic rings. The van der Waals surface area contributed by atoms with Crippen LogP contribution in [-0.2, 0) is 0 Å². The van der Waals surface area contributed by atoms with Gasteiger partial charge in [0, 0.05) is 5.30 Å². The lowest BCUT2D eigenvalue weighted by Crippen LogP contribution is -2.26. The molecular formula is C9H10F2NO2P. The Kier molecular flexibility index (Phi) is 2.23. The Morgan fingerprint density at radius 1 is 1.20 bits per heavy atom. The van der Waals surface area contributed by atoms with E-state index in [4.69, 9.17) is 5.73 Å². The summed E-state index contributed by atoms with van der Waals surface area (Å²) in [5, 5.41) is 0.728. The van der Waals surface area contributed by atoms with Crippen LogP contribution < -0.4 is 20.5 Å². The van der Waals surface area contributed by atoms with E-state index >= 15 is 0 Å². The topological polar surface area (TPSA) is 44.5 Å². The molecule has 0 saturated carbocycles. The van der Waals surface area contributed by atoms with Crippen LogP contribution in [0.5, 0.6) is 11.5 Å². The van der Waals surface area contributed by atoms with E-state index in [1.807, 2.05) is 13.3 Å². The van der Waals surface area contributed by atoms with Crippen molar-refractivity contribution in [1.82, 2.24) is 0 Å². The van der Waals surface area contributed by atoms with E-state index in [2.05, 4.69) is 9.47 Å². The van der Waals surface area contributed by atoms with Gasteiger partial charge < -0.3 is 15.2 Å². The molecule has 3 nitrogen and oxygen atoms in total. The van der Waals surface area contributed by atoms with Gasteiger partial charge in [0.2, 0.25) is 0 Å². The standard InChI is InChI=1S/C9H10F2NO2P/c1-15(2)6-4-3-5(12)7-8(6)14-9(10,11)13-7/h3-4H,12H2,1-2H3. The number of benzene rings is 1. The summed E-state index contributed by atoms with van der Waals surface area (Å²) in [4.78, 5) is 0. The van der Waals surface area contributed by atoms with Crippen molar-refractivity contribution in [3.8, 4) is 11.5 Å². The van der Waals surface area contributed by atoms with E-state index in [9.17, 15) is 8.78 Å². The van der Waals surface area contributed by atoms with Crippen LogP contribution in [0.4, 0.5) is 14.5 Å². The molecule has 0 amide bonds. The van der Waals surface area contributed by atoms with Gasteiger partial charge >= 0.3 is 6.29 Å². The molecule has 0 radical (unpaired) electrons. The first-order chi connectivity index (χ1) is 6.91. The molecule has 0 bridgehead atoms. The maximum atomic E-state index is 12.9. The van der Waals surface area contributed by atoms with Gasteiger partial charge in [-0.25, -0.2) is 0 Å². The van der Waals surface area contributed by atoms with Crippen molar-refractivity contribution in [2.24, 2.45) is 0 Å². The number of fused-ring (bicyclic) bond motifs is 1. The van der Waals surface area contributed by atoms with Crippen molar-refractivity contribution in [2.45, 2.75) is 6.29 Å². The molecule has 0 fully saturated rings. The van der Waals surface area contributed by atoms with Crippen LogP contribution in [0.2, 0.25) is 0 Å². The quantitative estimate of drug-likeness (QED) is 0.595. The zero-order valence-electron chi connectivity index (χ0n) is 8.25. The third-order valence-corrected chi connectivity index (χ3v) is 3.36. The summed E-state index contributed by atoms with van der Waals surface area (Å²) in [6.07, 6.45) is -3.60. The van der Waals surface area contributed by atoms with Gasteiger partial charge in [-0.2, -0.15) is 0 Å². The molecule has 15 heavy (non-hydrogen) atoms. The highest BCUT2D eigenvalue weighted by atomic mass is 31.1. The van der Waals surface area contributed by atoms with Gasteiger partial charge in [-0.3, -0.25) is 0 Å². The van der Waals surface area contributed by atoms with Gasteiger partial charge in [0.05, 0.1) is 5.69 Å². The maximum absolute atomic E-state index is 12.9. The van der Waals surface area contributed by atoms with Crippen molar-refractivity contribution in [2.75, 3.05) is 19.1 Å². The first kappa shape index (κ1) is 10.4. The summed E-state index contributed by atoms with van der Waals surface area (Å²) in [7, 11) is -0.546. The number of hydrogen-bond acceptors (Lipinski definition) is 3. The van der Waals surface area contributed by atoms with E-state index < -0.39 is 14.2 Å². The number of anilines is 1. The molecule has 0 saturated heterocycles. The number of nitrogen functional groups attached to an aromatic ring is 1. The van der Waals surface area contributed by atoms with Crippen molar-refractivity contribution < 1.29 is 18.3 Å². The largest absolute Gasteiger partial charge is 0.586 e. The number of hydrogen-bond donors (Lipinski definition) is 1. The Morgan fingerprint density at radius 3 is 2.40 bits per heavy atom. The monoisotopic (exact) mass is 233 g/mol. The second-order valence-corrected chi connectivity index (χ2v) is 5.66. The average Bonchev–Trinajstić information content (AvgIpc) is 2.41. The average molecular weight is 233 g/mol. The molecule has 0 spiro atoms. The first-order valence-corrected chi connectivity index (χ1v) is 6.50. The first-order valence-electron chi connectivity index (χ1n) is 4.26. The number of halogens is 2. The van der Waals surface area contributed by atoms with E-state index in [1.165, 1.54) is 0 Å². The summed E-state index contributed by atoms with van der Waals surface area (Å²) < 4.78 is 34.5. The normalized spacial score (nSPS) is 17.1. The minimum Gasteiger partial charge on any atom is -0.396 e. The predicted octanol–water partition coefficient (Wildman–Crippen LogP) is 1.96. The molecule has 1 aliphatic heterocycles. The van der Waals surface area contributed by atoms with E-state index in [0.717, 1.165) is 5.30 Å². The molecule has 0 aliphatic carbocycles. The van der Waals surface area contributed by atoms with Gasteiger partial charge in [-0.05, 0) is 25.5 Å². The van der Waals surface area contributed by atoms with Crippen LogP contribution >= 0.6 is 7.92 Å². The minimum atomic E-state index is -3.60. The van der Waals surface area contributed by atoms with E-state index in [1.54, 1.807) is 12.1 Å². The molecule has 6 heteroatoms. The molecular weight excluding hydrogens is 223 g/mol. The molecule has 0 unspecified atom stereocenters. The van der Waals surface area contributed by atoms with Crippen LogP contribution in [0.1, 0.15) is 0 Å². The van der Waals surface area contributed by atoms with Gasteiger partial charge in [0.15, 0.2) is 11.5 Å². The predicted molar refractivity (Wildman–Crippen MR) is 55.5 cm³/mol. The van der Waals surface area contributed by atoms with Crippen LogP contribution in [0, 0.1) is 0 Å². The Bertz CT molecular complexity index is 409. The van der Waals surface area contributed by atoms with E-state index in [0.29, 0.717) is 0 Å². The number of ether oxygens (including phenoxy) is 2. The molecule has 1 aromatic carbocycles. The summed E-state index contributed by atoms with van der Waals surface area (Å²) in [6.45, 7) is 3.89. The fraction of sp³-hybridized carbons (Fsp3) is 0.333. The fourth-order valence-corrected chi connectivity index (χ4v) is 2.31. The SMILES string of the molecule is CP(C)c1ccc(N)c2c1OC(F)(F)O2. The van der Waals surface area contributed by atoms with Crippen LogP contribution in [0.3, 0.4) is 0 Å². The van der Waals surface area contributed by atoms with Crippen molar-refractivity contribution >= 4 is 18.9 Å². The van der Waals surface area contributed by atoms with Crippen molar-refractivity contribution in [3.63, 3.8) is 0 Å². The van der Waals surface area contributed by atoms with Gasteiger partial charge in [0.1, 0.15) is 0 Å². The molecule has 0 aromatic heterocycles. The third kappa shape index (κ3) is 1.72. The minimum absolute atomic E-state index is 0.0475. The second kappa shape index (κ2) is 3.20. The van der Waals surface area contributed by atoms with Crippen molar-refractivity contribution in [1.29, 1.82) is 0 Å². The highest BCUT2D eigenvalue weighted by molar-refractivity contribution is 7.64. The summed E-state index contributed by atoms with van der Waals surface area (Å²) >= 11 is 0. The summed E-state index contributed by atoms with van der Waals surface area (Å²) in [5.41, 5.74) is 5.70. The third-order valence-electron chi connectivity index (χ3n) is 2.05. The Hall–Kier alpha value is -1.09. The molecule has 0 atom stereocenters. The Morgan fingerprint density at radius 2 is 1.80 bits per heavy atom. The number of rotatable bonds is 1. The molecule has 1 aliphatic rings. The lowest BCUT2D eigenvalue weighted by atomic mass is 10.3. The lowest BCUT2D eigenvalue weighted by molar-refractivity contribution is -0.286. The van der Waals surface area contributed by atoms with Crippen LogP contribution in [0.15, 0.2) is 12.1 Å². The highest BCUT2D eigenvalue weighted by Gasteiger charge is 2.45. The van der Waals surface area contributed by atoms with Gasteiger partial charge in [0.25, 0.3) is 0 Å². The molecule has 1 heterocycles.